The molecule has 0 fully saturated rings. The fourth-order valence-corrected chi connectivity index (χ4v) is 8.10. The molecule has 0 aliphatic carbocycles. The van der Waals surface area contributed by atoms with Gasteiger partial charge in [-0.15, -0.1) is 0 Å². The molecule has 56 heavy (non-hydrogen) atoms. The van der Waals surface area contributed by atoms with Gasteiger partial charge in [0, 0.05) is 33.9 Å². The number of hydrogen-bond donors (Lipinski definition) is 0. The predicted octanol–water partition coefficient (Wildman–Crippen LogP) is 15.3. The first-order chi connectivity index (χ1) is 27.8. The first kappa shape index (κ1) is 33.2. The minimum atomic E-state index is 1.09. The van der Waals surface area contributed by atoms with Crippen LogP contribution in [0.5, 0.6) is 0 Å². The number of para-hydroxylation sites is 2. The quantitative estimate of drug-likeness (QED) is 0.162. The van der Waals surface area contributed by atoms with Crippen LogP contribution in [0, 0.1) is 0 Å². The third kappa shape index (κ3) is 6.14. The Hall–Kier alpha value is -7.42. The summed E-state index contributed by atoms with van der Waals surface area (Å²) in [4.78, 5) is 4.76. The SMILES string of the molecule is c1ccc(-c2ccc(N(c3ccc(-c4ccc5c(c4)-c4ccccc4-c4ccccc4N5c4ccccc4)cc3)c3cccc(-c4ccccc4)c3)cc2)cc1. The summed E-state index contributed by atoms with van der Waals surface area (Å²) in [7, 11) is 0. The lowest BCUT2D eigenvalue weighted by atomic mass is 9.92. The number of fused-ring (bicyclic) bond motifs is 5. The van der Waals surface area contributed by atoms with E-state index in [0.29, 0.717) is 0 Å². The molecule has 9 aromatic rings. The zero-order valence-corrected chi connectivity index (χ0v) is 30.8. The molecule has 10 rings (SSSR count). The molecule has 0 N–H and O–H groups in total. The topological polar surface area (TPSA) is 6.48 Å². The van der Waals surface area contributed by atoms with Crippen LogP contribution in [0.4, 0.5) is 34.1 Å². The highest BCUT2D eigenvalue weighted by Crippen LogP contribution is 2.51. The monoisotopic (exact) mass is 714 g/mol. The first-order valence-corrected chi connectivity index (χ1v) is 19.2. The standard InChI is InChI=1S/C54H38N2/c1-4-15-39(16-5-1)41-27-32-46(33-28-41)55(48-22-14-19-43(37-48)40-17-6-2-7-18-40)47-34-29-42(30-35-47)44-31-36-54-52(38-44)50-24-11-10-23-49(50)51-25-12-13-26-53(51)56(54)45-20-8-3-9-21-45/h1-38H. The van der Waals surface area contributed by atoms with E-state index in [1.165, 1.54) is 61.3 Å². The average Bonchev–Trinajstić information content (AvgIpc) is 3.40. The van der Waals surface area contributed by atoms with Crippen molar-refractivity contribution in [3.63, 3.8) is 0 Å². The maximum absolute atomic E-state index is 2.40. The van der Waals surface area contributed by atoms with Crippen LogP contribution in [-0.2, 0) is 0 Å². The van der Waals surface area contributed by atoms with Crippen LogP contribution < -0.4 is 9.80 Å². The normalized spacial score (nSPS) is 11.5. The van der Waals surface area contributed by atoms with E-state index in [9.17, 15) is 0 Å². The number of rotatable bonds is 7. The average molecular weight is 715 g/mol. The first-order valence-electron chi connectivity index (χ1n) is 19.2. The summed E-state index contributed by atoms with van der Waals surface area (Å²) in [5.41, 5.74) is 18.8. The lowest BCUT2D eigenvalue weighted by molar-refractivity contribution is 1.28. The molecular weight excluding hydrogens is 677 g/mol. The second-order valence-electron chi connectivity index (χ2n) is 14.2. The maximum atomic E-state index is 2.40. The third-order valence-electron chi connectivity index (χ3n) is 10.8. The summed E-state index contributed by atoms with van der Waals surface area (Å²) in [5, 5.41) is 0. The Morgan fingerprint density at radius 1 is 0.250 bits per heavy atom. The van der Waals surface area contributed by atoms with Gasteiger partial charge >= 0.3 is 0 Å². The van der Waals surface area contributed by atoms with Gasteiger partial charge in [0.1, 0.15) is 0 Å². The van der Waals surface area contributed by atoms with Gasteiger partial charge in [0.2, 0.25) is 0 Å². The second kappa shape index (κ2) is 14.4. The van der Waals surface area contributed by atoms with E-state index in [2.05, 4.69) is 240 Å². The highest BCUT2D eigenvalue weighted by atomic mass is 15.2. The van der Waals surface area contributed by atoms with E-state index in [-0.39, 0.29) is 0 Å². The predicted molar refractivity (Wildman–Crippen MR) is 237 cm³/mol. The Balaban J connectivity index is 1.07. The molecule has 0 amide bonds. The summed E-state index contributed by atoms with van der Waals surface area (Å²) in [6.45, 7) is 0. The fourth-order valence-electron chi connectivity index (χ4n) is 8.10. The van der Waals surface area contributed by atoms with Crippen molar-refractivity contribution in [3.8, 4) is 55.6 Å². The van der Waals surface area contributed by atoms with Crippen molar-refractivity contribution in [2.45, 2.75) is 0 Å². The van der Waals surface area contributed by atoms with Crippen molar-refractivity contribution in [3.05, 3.63) is 231 Å². The van der Waals surface area contributed by atoms with Crippen LogP contribution in [0.15, 0.2) is 231 Å². The molecule has 9 aromatic carbocycles. The van der Waals surface area contributed by atoms with Crippen LogP contribution in [-0.4, -0.2) is 0 Å². The molecule has 0 spiro atoms. The molecule has 0 atom stereocenters. The van der Waals surface area contributed by atoms with E-state index in [1.807, 2.05) is 0 Å². The summed E-state index contributed by atoms with van der Waals surface area (Å²) in [6.07, 6.45) is 0. The molecule has 264 valence electrons. The van der Waals surface area contributed by atoms with Crippen molar-refractivity contribution >= 4 is 34.1 Å². The summed E-state index contributed by atoms with van der Waals surface area (Å²) in [5.74, 6) is 0. The number of hydrogen-bond acceptors (Lipinski definition) is 2. The number of anilines is 6. The molecule has 0 saturated carbocycles. The van der Waals surface area contributed by atoms with Crippen LogP contribution in [0.1, 0.15) is 0 Å². The van der Waals surface area contributed by atoms with Crippen LogP contribution in [0.2, 0.25) is 0 Å². The smallest absolute Gasteiger partial charge is 0.0540 e. The highest BCUT2D eigenvalue weighted by molar-refractivity contribution is 6.03. The van der Waals surface area contributed by atoms with Crippen molar-refractivity contribution in [1.29, 1.82) is 0 Å². The van der Waals surface area contributed by atoms with E-state index in [1.54, 1.807) is 0 Å². The molecule has 2 nitrogen and oxygen atoms in total. The van der Waals surface area contributed by atoms with Gasteiger partial charge in [-0.2, -0.15) is 0 Å². The molecule has 0 aromatic heterocycles. The lowest BCUT2D eigenvalue weighted by Crippen LogP contribution is -2.10. The number of nitrogens with zero attached hydrogens (tertiary/aromatic N) is 2. The van der Waals surface area contributed by atoms with E-state index < -0.39 is 0 Å². The molecule has 0 bridgehead atoms. The van der Waals surface area contributed by atoms with Crippen LogP contribution in [0.3, 0.4) is 0 Å². The van der Waals surface area contributed by atoms with Gasteiger partial charge in [-0.3, -0.25) is 0 Å². The zero-order chi connectivity index (χ0) is 37.3. The largest absolute Gasteiger partial charge is 0.310 e. The van der Waals surface area contributed by atoms with Crippen molar-refractivity contribution in [2.24, 2.45) is 0 Å². The van der Waals surface area contributed by atoms with E-state index in [0.717, 1.165) is 28.4 Å². The number of benzene rings is 9. The van der Waals surface area contributed by atoms with Gasteiger partial charge in [-0.25, -0.2) is 0 Å². The van der Waals surface area contributed by atoms with Gasteiger partial charge in [-0.05, 0) is 111 Å². The van der Waals surface area contributed by atoms with Crippen molar-refractivity contribution in [1.82, 2.24) is 0 Å². The minimum Gasteiger partial charge on any atom is -0.310 e. The maximum Gasteiger partial charge on any atom is 0.0540 e. The fraction of sp³-hybridized carbons (Fsp3) is 0. The molecular formula is C54H38N2. The molecule has 2 heteroatoms. The minimum absolute atomic E-state index is 1.09. The van der Waals surface area contributed by atoms with Gasteiger partial charge < -0.3 is 9.80 Å². The summed E-state index contributed by atoms with van der Waals surface area (Å²) in [6, 6.07) is 83.1. The van der Waals surface area contributed by atoms with E-state index >= 15 is 0 Å². The highest BCUT2D eigenvalue weighted by Gasteiger charge is 2.26. The van der Waals surface area contributed by atoms with Gasteiger partial charge in [0.05, 0.1) is 11.4 Å². The van der Waals surface area contributed by atoms with Crippen LogP contribution >= 0.6 is 0 Å². The second-order valence-corrected chi connectivity index (χ2v) is 14.2. The molecule has 1 aliphatic rings. The molecule has 0 radical (unpaired) electrons. The van der Waals surface area contributed by atoms with Crippen molar-refractivity contribution < 1.29 is 0 Å². The van der Waals surface area contributed by atoms with Gasteiger partial charge in [-0.1, -0.05) is 164 Å². The Morgan fingerprint density at radius 3 is 1.32 bits per heavy atom. The van der Waals surface area contributed by atoms with Gasteiger partial charge in [0.25, 0.3) is 0 Å². The van der Waals surface area contributed by atoms with Crippen molar-refractivity contribution in [2.75, 3.05) is 9.80 Å². The molecule has 1 heterocycles. The zero-order valence-electron chi connectivity index (χ0n) is 30.8. The Labute approximate surface area is 328 Å². The van der Waals surface area contributed by atoms with Crippen LogP contribution in [0.25, 0.3) is 55.6 Å². The van der Waals surface area contributed by atoms with E-state index in [4.69, 9.17) is 0 Å². The summed E-state index contributed by atoms with van der Waals surface area (Å²) >= 11 is 0. The Kier molecular flexibility index (Phi) is 8.55. The molecule has 0 unspecified atom stereocenters. The summed E-state index contributed by atoms with van der Waals surface area (Å²) < 4.78 is 0. The Bertz CT molecular complexity index is 2770. The third-order valence-corrected chi connectivity index (χ3v) is 10.8. The Morgan fingerprint density at radius 2 is 0.679 bits per heavy atom. The van der Waals surface area contributed by atoms with Gasteiger partial charge in [0.15, 0.2) is 0 Å². The lowest BCUT2D eigenvalue weighted by Gasteiger charge is -2.27. The molecule has 0 saturated heterocycles. The molecule has 1 aliphatic heterocycles.